The number of carbonyl (C=O) groups excluding carboxylic acids is 2. The number of benzene rings is 2. The van der Waals surface area contributed by atoms with Crippen molar-refractivity contribution < 1.29 is 22.8 Å². The lowest BCUT2D eigenvalue weighted by atomic mass is 10.1. The highest BCUT2D eigenvalue weighted by Crippen LogP contribution is 2.18. The molecule has 0 spiro atoms. The van der Waals surface area contributed by atoms with Gasteiger partial charge in [0.05, 0.1) is 19.0 Å². The van der Waals surface area contributed by atoms with Gasteiger partial charge in [-0.2, -0.15) is 13.2 Å². The summed E-state index contributed by atoms with van der Waals surface area (Å²) in [5.74, 6) is -1.20. The van der Waals surface area contributed by atoms with E-state index in [-0.39, 0.29) is 19.1 Å². The molecule has 0 radical (unpaired) electrons. The first-order valence-electron chi connectivity index (χ1n) is 9.96. The molecule has 3 rings (SSSR count). The van der Waals surface area contributed by atoms with E-state index in [0.29, 0.717) is 23.9 Å². The maximum absolute atomic E-state index is 12.5. The Kier molecular flexibility index (Phi) is 6.89. The van der Waals surface area contributed by atoms with Gasteiger partial charge in [0.2, 0.25) is 0 Å². The third-order valence-electron chi connectivity index (χ3n) is 4.95. The molecule has 1 aliphatic heterocycles. The van der Waals surface area contributed by atoms with Crippen LogP contribution < -0.4 is 25.9 Å². The van der Waals surface area contributed by atoms with Gasteiger partial charge < -0.3 is 10.6 Å². The van der Waals surface area contributed by atoms with Crippen LogP contribution in [-0.4, -0.2) is 61.0 Å². The van der Waals surface area contributed by atoms with Crippen molar-refractivity contribution >= 4 is 40.2 Å². The molecule has 0 bridgehead atoms. The molecule has 0 saturated carbocycles. The van der Waals surface area contributed by atoms with Gasteiger partial charge in [-0.15, -0.1) is 0 Å². The summed E-state index contributed by atoms with van der Waals surface area (Å²) in [4.78, 5) is 25.1. The number of alkyl halides is 3. The Morgan fingerprint density at radius 1 is 1.09 bits per heavy atom. The van der Waals surface area contributed by atoms with E-state index in [9.17, 15) is 22.8 Å². The first-order valence-corrected chi connectivity index (χ1v) is 9.96. The van der Waals surface area contributed by atoms with Gasteiger partial charge >= 0.3 is 24.1 Å². The number of nitrogens with one attached hydrogen (secondary N) is 4. The van der Waals surface area contributed by atoms with Crippen LogP contribution in [0.2, 0.25) is 0 Å². The molecule has 1 aliphatic rings. The predicted octanol–water partition coefficient (Wildman–Crippen LogP) is 1.78. The number of amidine groups is 1. The van der Waals surface area contributed by atoms with Crippen LogP contribution in [-0.2, 0) is 4.79 Å². The lowest BCUT2D eigenvalue weighted by Crippen LogP contribution is -2.54. The molecule has 3 amide bonds. The summed E-state index contributed by atoms with van der Waals surface area (Å²) in [5.41, 5.74) is 0.621. The first kappa shape index (κ1) is 23.0. The van der Waals surface area contributed by atoms with E-state index in [1.54, 1.807) is 23.3 Å². The first-order chi connectivity index (χ1) is 15.1. The van der Waals surface area contributed by atoms with Gasteiger partial charge in [-0.25, -0.2) is 14.8 Å². The lowest BCUT2D eigenvalue weighted by Gasteiger charge is -2.24. The molecule has 0 saturated heterocycles. The lowest BCUT2D eigenvalue weighted by molar-refractivity contribution is -0.173. The van der Waals surface area contributed by atoms with Crippen LogP contribution in [0.5, 0.6) is 0 Å². The second-order valence-electron chi connectivity index (χ2n) is 7.37. The van der Waals surface area contributed by atoms with Crippen molar-refractivity contribution in [1.82, 2.24) is 25.5 Å². The Morgan fingerprint density at radius 3 is 2.53 bits per heavy atom. The van der Waals surface area contributed by atoms with Gasteiger partial charge in [-0.1, -0.05) is 30.3 Å². The van der Waals surface area contributed by atoms with E-state index in [0.717, 1.165) is 10.8 Å². The highest BCUT2D eigenvalue weighted by atomic mass is 19.4. The van der Waals surface area contributed by atoms with Crippen molar-refractivity contribution in [3.63, 3.8) is 0 Å². The Bertz CT molecular complexity index is 1080. The number of hydrogen-bond donors (Lipinski definition) is 4. The zero-order valence-electron chi connectivity index (χ0n) is 17.6. The number of rotatable bonds is 4. The summed E-state index contributed by atoms with van der Waals surface area (Å²) >= 11 is 0. The van der Waals surface area contributed by atoms with Crippen LogP contribution in [0.1, 0.15) is 13.3 Å². The zero-order valence-corrected chi connectivity index (χ0v) is 17.6. The van der Waals surface area contributed by atoms with E-state index in [1.807, 2.05) is 43.3 Å². The van der Waals surface area contributed by atoms with Crippen molar-refractivity contribution in [2.45, 2.75) is 25.6 Å². The quantitative estimate of drug-likeness (QED) is 0.422. The van der Waals surface area contributed by atoms with Gasteiger partial charge in [0.25, 0.3) is 5.84 Å². The summed E-state index contributed by atoms with van der Waals surface area (Å²) in [6.45, 7) is 1.77. The summed E-state index contributed by atoms with van der Waals surface area (Å²) in [6.07, 6.45) is -4.41. The fourth-order valence-electron chi connectivity index (χ4n) is 3.12. The number of guanidine groups is 1. The van der Waals surface area contributed by atoms with E-state index in [1.165, 1.54) is 0 Å². The highest BCUT2D eigenvalue weighted by Gasteiger charge is 2.38. The van der Waals surface area contributed by atoms with Gasteiger partial charge in [0.1, 0.15) is 0 Å². The third-order valence-corrected chi connectivity index (χ3v) is 4.95. The van der Waals surface area contributed by atoms with Crippen LogP contribution in [0.4, 0.5) is 23.7 Å². The largest absolute Gasteiger partial charge is 0.471 e. The monoisotopic (exact) mass is 449 g/mol. The average molecular weight is 449 g/mol. The van der Waals surface area contributed by atoms with Crippen LogP contribution in [0.25, 0.3) is 10.8 Å². The van der Waals surface area contributed by atoms with E-state index < -0.39 is 18.1 Å². The number of fused-ring (bicyclic) bond motifs is 1. The van der Waals surface area contributed by atoms with Crippen molar-refractivity contribution in [3.8, 4) is 0 Å². The maximum atomic E-state index is 12.5. The molecular formula is C21H24F3N6O2+. The van der Waals surface area contributed by atoms with E-state index in [4.69, 9.17) is 0 Å². The molecule has 11 heteroatoms. The summed E-state index contributed by atoms with van der Waals surface area (Å²) in [5, 5.41) is 12.2. The van der Waals surface area contributed by atoms with Crippen molar-refractivity contribution in [1.29, 1.82) is 0 Å². The molecule has 0 aliphatic carbocycles. The highest BCUT2D eigenvalue weighted by molar-refractivity contribution is 6.05. The van der Waals surface area contributed by atoms with Gasteiger partial charge in [-0.3, -0.25) is 15.0 Å². The smallest absolute Gasteiger partial charge is 0.345 e. The van der Waals surface area contributed by atoms with Crippen LogP contribution in [0.15, 0.2) is 42.5 Å². The number of anilines is 1. The average Bonchev–Trinajstić information content (AvgIpc) is 2.73. The molecule has 32 heavy (non-hydrogen) atoms. The predicted molar refractivity (Wildman–Crippen MR) is 117 cm³/mol. The molecule has 0 fully saturated rings. The van der Waals surface area contributed by atoms with Crippen LogP contribution >= 0.6 is 0 Å². The summed E-state index contributed by atoms with van der Waals surface area (Å²) in [7, 11) is 1.78. The SMILES string of the molecule is CC1CC(NCCNC(=O)C(F)(F)F)=[N+]=C(NC(=O)Nc2ccc3ccccc3c2)N1C. The minimum Gasteiger partial charge on any atom is -0.345 e. The molecule has 1 heterocycles. The minimum atomic E-state index is -4.91. The molecule has 1 atom stereocenters. The molecule has 4 N–H and O–H groups in total. The Hall–Kier alpha value is -3.72. The Morgan fingerprint density at radius 2 is 1.81 bits per heavy atom. The van der Waals surface area contributed by atoms with E-state index in [2.05, 4.69) is 20.6 Å². The van der Waals surface area contributed by atoms with Gasteiger partial charge in [0.15, 0.2) is 0 Å². The number of amides is 3. The number of hydrogen-bond acceptors (Lipinski definition) is 4. The number of urea groups is 1. The Balaban J connectivity index is 1.62. The second kappa shape index (κ2) is 9.61. The molecule has 2 aromatic carbocycles. The standard InChI is InChI=1S/C21H23F3N6O2/c1-13-11-17(25-9-10-26-18(31)21(22,23)24)28-19(30(13)2)29-20(32)27-16-8-7-14-5-3-4-6-15(14)12-16/h3-8,12-13H,9-11H2,1-2H3,(H3,25,26,27,28,29,31,32)/p+1. The third kappa shape index (κ3) is 5.92. The van der Waals surface area contributed by atoms with Crippen molar-refractivity contribution in [2.24, 2.45) is 0 Å². The topological polar surface area (TPSA) is 99.6 Å². The number of carbonyl (C=O) groups is 2. The number of halogens is 3. The molecule has 8 nitrogen and oxygen atoms in total. The fourth-order valence-corrected chi connectivity index (χ4v) is 3.12. The Labute approximate surface area is 182 Å². The van der Waals surface area contributed by atoms with Gasteiger partial charge in [0, 0.05) is 19.3 Å². The molecule has 170 valence electrons. The van der Waals surface area contributed by atoms with Crippen LogP contribution in [0.3, 0.4) is 0 Å². The zero-order chi connectivity index (χ0) is 23.3. The molecule has 0 aromatic heterocycles. The normalized spacial score (nSPS) is 16.2. The summed E-state index contributed by atoms with van der Waals surface area (Å²) < 4.78 is 41.0. The van der Waals surface area contributed by atoms with Gasteiger partial charge in [-0.05, 0) is 29.8 Å². The summed E-state index contributed by atoms with van der Waals surface area (Å²) in [6, 6.07) is 12.8. The minimum absolute atomic E-state index is 0.0178. The molecule has 2 aromatic rings. The maximum Gasteiger partial charge on any atom is 0.471 e. The van der Waals surface area contributed by atoms with E-state index >= 15 is 0 Å². The van der Waals surface area contributed by atoms with Crippen molar-refractivity contribution in [2.75, 3.05) is 25.5 Å². The molecule has 1 unspecified atom stereocenters. The second-order valence-corrected chi connectivity index (χ2v) is 7.37. The van der Waals surface area contributed by atoms with Crippen LogP contribution in [0, 0.1) is 0 Å². The molecular weight excluding hydrogens is 425 g/mol. The number of nitrogens with zero attached hydrogens (tertiary/aromatic N) is 2. The fraction of sp³-hybridized carbons (Fsp3) is 0.333. The van der Waals surface area contributed by atoms with Crippen molar-refractivity contribution in [3.05, 3.63) is 42.5 Å².